The van der Waals surface area contributed by atoms with Gasteiger partial charge in [-0.1, -0.05) is 57.4 Å². The van der Waals surface area contributed by atoms with Crippen molar-refractivity contribution in [2.75, 3.05) is 5.75 Å². The van der Waals surface area contributed by atoms with Crippen molar-refractivity contribution in [3.8, 4) is 0 Å². The highest BCUT2D eigenvalue weighted by molar-refractivity contribution is 7.85. The lowest BCUT2D eigenvalue weighted by Crippen LogP contribution is -2.06. The number of unbranched alkanes of at least 4 members (excludes halogenated alkanes) is 3. The van der Waals surface area contributed by atoms with Crippen molar-refractivity contribution in [3.05, 3.63) is 41.7 Å². The second-order valence-corrected chi connectivity index (χ2v) is 7.88. The van der Waals surface area contributed by atoms with E-state index in [1.807, 2.05) is 6.08 Å². The Morgan fingerprint density at radius 2 is 1.70 bits per heavy atom. The Bertz CT molecular complexity index is 577. The van der Waals surface area contributed by atoms with Gasteiger partial charge in [-0.25, -0.2) is 4.39 Å². The minimum atomic E-state index is -3.82. The van der Waals surface area contributed by atoms with Crippen LogP contribution in [0.2, 0.25) is 0 Å². The molecule has 0 amide bonds. The maximum absolute atomic E-state index is 12.9. The lowest BCUT2D eigenvalue weighted by molar-refractivity contribution is 0.416. The first kappa shape index (κ1) is 19.8. The molecule has 0 saturated carbocycles. The van der Waals surface area contributed by atoms with Crippen molar-refractivity contribution in [2.45, 2.75) is 46.0 Å². The molecule has 0 unspecified atom stereocenters. The summed E-state index contributed by atoms with van der Waals surface area (Å²) < 4.78 is 42.8. The van der Waals surface area contributed by atoms with Crippen LogP contribution in [-0.4, -0.2) is 18.7 Å². The van der Waals surface area contributed by atoms with Gasteiger partial charge in [-0.15, -0.1) is 0 Å². The number of rotatable bonds is 10. The number of halogens is 1. The highest BCUT2D eigenvalue weighted by atomic mass is 32.2. The van der Waals surface area contributed by atoms with Gasteiger partial charge in [-0.05, 0) is 42.4 Å². The first-order valence-corrected chi connectivity index (χ1v) is 9.78. The molecule has 0 radical (unpaired) electrons. The molecule has 0 heterocycles. The van der Waals surface area contributed by atoms with Gasteiger partial charge in [0.25, 0.3) is 10.1 Å². The zero-order chi connectivity index (χ0) is 17.3. The van der Waals surface area contributed by atoms with Gasteiger partial charge in [-0.2, -0.15) is 8.42 Å². The zero-order valence-electron chi connectivity index (χ0n) is 13.9. The molecule has 0 bridgehead atoms. The predicted octanol–water partition coefficient (Wildman–Crippen LogP) is 4.95. The fourth-order valence-electron chi connectivity index (χ4n) is 2.48. The summed E-state index contributed by atoms with van der Waals surface area (Å²) in [6.07, 6.45) is 8.56. The van der Waals surface area contributed by atoms with Crippen LogP contribution in [0, 0.1) is 17.7 Å². The average molecular weight is 342 g/mol. The first-order valence-electron chi connectivity index (χ1n) is 8.17. The average Bonchev–Trinajstić information content (AvgIpc) is 2.46. The summed E-state index contributed by atoms with van der Waals surface area (Å²) in [5, 5.41) is 0. The Kier molecular flexibility index (Phi) is 8.48. The maximum atomic E-state index is 12.9. The fourth-order valence-corrected chi connectivity index (χ4v) is 3.05. The molecule has 130 valence electrons. The van der Waals surface area contributed by atoms with Crippen molar-refractivity contribution in [1.29, 1.82) is 0 Å². The van der Waals surface area contributed by atoms with Crippen molar-refractivity contribution in [3.63, 3.8) is 0 Å². The van der Waals surface area contributed by atoms with Crippen LogP contribution in [0.15, 0.2) is 30.3 Å². The van der Waals surface area contributed by atoms with Crippen LogP contribution in [0.4, 0.5) is 4.39 Å². The van der Waals surface area contributed by atoms with Gasteiger partial charge in [0.05, 0.1) is 5.75 Å². The molecule has 0 aromatic heterocycles. The minimum Gasteiger partial charge on any atom is -0.286 e. The van der Waals surface area contributed by atoms with E-state index < -0.39 is 10.1 Å². The molecule has 1 rings (SSSR count). The summed E-state index contributed by atoms with van der Waals surface area (Å²) in [4.78, 5) is 0. The molecule has 1 aromatic carbocycles. The standard InChI is InChI=1S/C18H27FO3S/c1-15(2)17(7-5-3-4-6-14-23(20,21)22)11-8-16-9-12-18(19)13-10-16/h8-13,15,17H,3-7,14H2,1-2H3,(H,20,21,22)/b11-8+/t17-/m1/s1. The Hall–Kier alpha value is -1.20. The van der Waals surface area contributed by atoms with E-state index in [1.165, 1.54) is 12.1 Å². The summed E-state index contributed by atoms with van der Waals surface area (Å²) in [5.41, 5.74) is 0.991. The van der Waals surface area contributed by atoms with E-state index in [1.54, 1.807) is 12.1 Å². The van der Waals surface area contributed by atoms with Gasteiger partial charge in [0.15, 0.2) is 0 Å². The summed E-state index contributed by atoms with van der Waals surface area (Å²) in [6, 6.07) is 6.44. The molecular weight excluding hydrogens is 315 g/mol. The Morgan fingerprint density at radius 3 is 2.26 bits per heavy atom. The lowest BCUT2D eigenvalue weighted by Gasteiger charge is -2.16. The van der Waals surface area contributed by atoms with E-state index in [0.29, 0.717) is 18.3 Å². The smallest absolute Gasteiger partial charge is 0.264 e. The van der Waals surface area contributed by atoms with E-state index in [-0.39, 0.29) is 11.6 Å². The van der Waals surface area contributed by atoms with Gasteiger partial charge < -0.3 is 0 Å². The van der Waals surface area contributed by atoms with Crippen LogP contribution in [0.3, 0.4) is 0 Å². The summed E-state index contributed by atoms with van der Waals surface area (Å²) in [5.74, 6) is 0.587. The predicted molar refractivity (Wildman–Crippen MR) is 93.3 cm³/mol. The van der Waals surface area contributed by atoms with Crippen LogP contribution in [-0.2, 0) is 10.1 Å². The minimum absolute atomic E-state index is 0.148. The molecule has 0 aliphatic heterocycles. The molecule has 0 fully saturated rings. The Balaban J connectivity index is 2.36. The Labute approximate surface area is 139 Å². The SMILES string of the molecule is CC(C)[C@@H](/C=C/c1ccc(F)cc1)CCCCCCS(=O)(=O)O. The number of hydrogen-bond donors (Lipinski definition) is 1. The molecule has 3 nitrogen and oxygen atoms in total. The molecule has 5 heteroatoms. The molecule has 1 aromatic rings. The van der Waals surface area contributed by atoms with E-state index in [9.17, 15) is 12.8 Å². The van der Waals surface area contributed by atoms with Gasteiger partial charge >= 0.3 is 0 Å². The molecule has 1 atom stereocenters. The maximum Gasteiger partial charge on any atom is 0.264 e. The topological polar surface area (TPSA) is 54.4 Å². The third kappa shape index (κ3) is 9.51. The molecule has 0 spiro atoms. The second-order valence-electron chi connectivity index (χ2n) is 6.31. The highest BCUT2D eigenvalue weighted by Crippen LogP contribution is 2.22. The van der Waals surface area contributed by atoms with Crippen LogP contribution < -0.4 is 0 Å². The molecule has 23 heavy (non-hydrogen) atoms. The number of benzene rings is 1. The summed E-state index contributed by atoms with van der Waals surface area (Å²) in [7, 11) is -3.82. The van der Waals surface area contributed by atoms with Crippen LogP contribution >= 0.6 is 0 Å². The van der Waals surface area contributed by atoms with E-state index in [2.05, 4.69) is 19.9 Å². The van der Waals surface area contributed by atoms with Gasteiger partial charge in [-0.3, -0.25) is 4.55 Å². The van der Waals surface area contributed by atoms with Crippen molar-refractivity contribution in [2.24, 2.45) is 11.8 Å². The number of allylic oxidation sites excluding steroid dienone is 1. The third-order valence-corrected chi connectivity index (χ3v) is 4.76. The third-order valence-electron chi connectivity index (χ3n) is 3.95. The van der Waals surface area contributed by atoms with Crippen molar-refractivity contribution < 1.29 is 17.4 Å². The lowest BCUT2D eigenvalue weighted by atomic mass is 9.89. The number of hydrogen-bond acceptors (Lipinski definition) is 2. The van der Waals surface area contributed by atoms with Gasteiger partial charge in [0.1, 0.15) is 5.82 Å². The molecule has 0 aliphatic carbocycles. The highest BCUT2D eigenvalue weighted by Gasteiger charge is 2.10. The quantitative estimate of drug-likeness (QED) is 0.483. The monoisotopic (exact) mass is 342 g/mol. The van der Waals surface area contributed by atoms with Gasteiger partial charge in [0, 0.05) is 0 Å². The van der Waals surface area contributed by atoms with Gasteiger partial charge in [0.2, 0.25) is 0 Å². The van der Waals surface area contributed by atoms with Crippen LogP contribution in [0.1, 0.15) is 51.5 Å². The fraction of sp³-hybridized carbons (Fsp3) is 0.556. The molecule has 0 aliphatic rings. The summed E-state index contributed by atoms with van der Waals surface area (Å²) >= 11 is 0. The van der Waals surface area contributed by atoms with Crippen molar-refractivity contribution >= 4 is 16.2 Å². The Morgan fingerprint density at radius 1 is 1.09 bits per heavy atom. The normalized spacial score (nSPS) is 13.8. The molecule has 0 saturated heterocycles. The van der Waals surface area contributed by atoms with Crippen LogP contribution in [0.25, 0.3) is 6.08 Å². The van der Waals surface area contributed by atoms with Crippen LogP contribution in [0.5, 0.6) is 0 Å². The largest absolute Gasteiger partial charge is 0.286 e. The van der Waals surface area contributed by atoms with Crippen molar-refractivity contribution in [1.82, 2.24) is 0 Å². The van der Waals surface area contributed by atoms with E-state index >= 15 is 0 Å². The molecule has 1 N–H and O–H groups in total. The van der Waals surface area contributed by atoms with E-state index in [0.717, 1.165) is 31.2 Å². The first-order chi connectivity index (χ1) is 10.8. The summed E-state index contributed by atoms with van der Waals surface area (Å²) in [6.45, 7) is 4.36. The second kappa shape index (κ2) is 9.83. The zero-order valence-corrected chi connectivity index (χ0v) is 14.7. The van der Waals surface area contributed by atoms with E-state index in [4.69, 9.17) is 4.55 Å². The molecular formula is C18H27FO3S.